The molecule has 0 spiro atoms. The van der Waals surface area contributed by atoms with Gasteiger partial charge in [0.2, 0.25) is 0 Å². The Morgan fingerprint density at radius 1 is 1.59 bits per heavy atom. The van der Waals surface area contributed by atoms with Gasteiger partial charge in [-0.15, -0.1) is 6.58 Å². The average molecular weight is 236 g/mol. The summed E-state index contributed by atoms with van der Waals surface area (Å²) < 4.78 is 5.92. The van der Waals surface area contributed by atoms with Crippen molar-refractivity contribution in [1.82, 2.24) is 0 Å². The quantitative estimate of drug-likeness (QED) is 0.741. The molecule has 2 nitrogen and oxygen atoms in total. The maximum Gasteiger partial charge on any atom is 0.0825 e. The van der Waals surface area contributed by atoms with Gasteiger partial charge in [-0.1, -0.05) is 23.8 Å². The van der Waals surface area contributed by atoms with Gasteiger partial charge in [-0.2, -0.15) is 0 Å². The zero-order valence-electron chi connectivity index (χ0n) is 11.4. The molecule has 0 aromatic heterocycles. The van der Waals surface area contributed by atoms with E-state index in [0.717, 1.165) is 6.42 Å². The smallest absolute Gasteiger partial charge is 0.0825 e. The molecule has 1 rings (SSSR count). The van der Waals surface area contributed by atoms with E-state index in [2.05, 4.69) is 39.5 Å². The third-order valence-corrected chi connectivity index (χ3v) is 3.09. The number of hydrogen-bond donors (Lipinski definition) is 1. The van der Waals surface area contributed by atoms with Gasteiger partial charge in [0.15, 0.2) is 0 Å². The highest BCUT2D eigenvalue weighted by molar-refractivity contribution is 5.17. The summed E-state index contributed by atoms with van der Waals surface area (Å²) in [7, 11) is 0. The van der Waals surface area contributed by atoms with Gasteiger partial charge in [0.05, 0.1) is 17.8 Å². The van der Waals surface area contributed by atoms with Gasteiger partial charge < -0.3 is 9.84 Å². The van der Waals surface area contributed by atoms with Crippen LogP contribution in [0.4, 0.5) is 0 Å². The molecule has 1 heterocycles. The topological polar surface area (TPSA) is 29.5 Å². The highest BCUT2D eigenvalue weighted by atomic mass is 16.5. The minimum absolute atomic E-state index is 0.00133. The second-order valence-electron chi connectivity index (χ2n) is 5.36. The van der Waals surface area contributed by atoms with Crippen molar-refractivity contribution >= 4 is 0 Å². The van der Waals surface area contributed by atoms with Gasteiger partial charge in [-0.05, 0) is 39.7 Å². The fraction of sp³-hybridized carbons (Fsp3) is 0.600. The lowest BCUT2D eigenvalue weighted by Gasteiger charge is -2.22. The Labute approximate surface area is 105 Å². The van der Waals surface area contributed by atoms with Crippen LogP contribution < -0.4 is 0 Å². The van der Waals surface area contributed by atoms with Crippen LogP contribution >= 0.6 is 0 Å². The van der Waals surface area contributed by atoms with Gasteiger partial charge in [-0.3, -0.25) is 0 Å². The average Bonchev–Trinajstić information content (AvgIpc) is 2.55. The van der Waals surface area contributed by atoms with Crippen molar-refractivity contribution in [2.24, 2.45) is 0 Å². The molecule has 17 heavy (non-hydrogen) atoms. The third kappa shape index (κ3) is 4.49. The minimum Gasteiger partial charge on any atom is -0.386 e. The lowest BCUT2D eigenvalue weighted by molar-refractivity contribution is 0.00349. The van der Waals surface area contributed by atoms with Crippen LogP contribution in [0.1, 0.15) is 40.5 Å². The molecule has 0 aliphatic carbocycles. The standard InChI is InChI=1S/C15H24O2/c1-6-15(5,16)10-13-9-12(4)14(17-13)8-7-11(2)3/h6-7,9,13-14,16H,1,8,10H2,2-5H3. The van der Waals surface area contributed by atoms with Gasteiger partial charge in [-0.25, -0.2) is 0 Å². The van der Waals surface area contributed by atoms with Gasteiger partial charge in [0, 0.05) is 6.42 Å². The maximum atomic E-state index is 9.94. The summed E-state index contributed by atoms with van der Waals surface area (Å²) in [4.78, 5) is 0. The van der Waals surface area contributed by atoms with Crippen molar-refractivity contribution in [2.75, 3.05) is 0 Å². The molecular formula is C15H24O2. The molecule has 0 aromatic rings. The van der Waals surface area contributed by atoms with E-state index in [0.29, 0.717) is 6.42 Å². The van der Waals surface area contributed by atoms with E-state index in [1.807, 2.05) is 0 Å². The first-order valence-electron chi connectivity index (χ1n) is 6.17. The number of allylic oxidation sites excluding steroid dienone is 1. The molecule has 2 heteroatoms. The van der Waals surface area contributed by atoms with Crippen molar-refractivity contribution < 1.29 is 9.84 Å². The monoisotopic (exact) mass is 236 g/mol. The molecule has 96 valence electrons. The van der Waals surface area contributed by atoms with Crippen LogP contribution in [0.15, 0.2) is 36.0 Å². The third-order valence-electron chi connectivity index (χ3n) is 3.09. The second kappa shape index (κ2) is 5.65. The number of hydrogen-bond acceptors (Lipinski definition) is 2. The molecule has 3 unspecified atom stereocenters. The van der Waals surface area contributed by atoms with E-state index in [1.165, 1.54) is 11.1 Å². The molecular weight excluding hydrogens is 212 g/mol. The van der Waals surface area contributed by atoms with Crippen LogP contribution in [0.2, 0.25) is 0 Å². The van der Waals surface area contributed by atoms with Crippen molar-refractivity contribution in [1.29, 1.82) is 0 Å². The van der Waals surface area contributed by atoms with E-state index >= 15 is 0 Å². The lowest BCUT2D eigenvalue weighted by Crippen LogP contribution is -2.27. The SMILES string of the molecule is C=CC(C)(O)CC1C=C(C)C(CC=C(C)C)O1. The molecule has 1 aliphatic heterocycles. The Morgan fingerprint density at radius 2 is 2.24 bits per heavy atom. The first-order chi connectivity index (χ1) is 7.84. The molecule has 1 N–H and O–H groups in total. The predicted molar refractivity (Wildman–Crippen MR) is 71.9 cm³/mol. The van der Waals surface area contributed by atoms with Crippen molar-refractivity contribution in [3.05, 3.63) is 36.0 Å². The Kier molecular flexibility index (Phi) is 4.72. The zero-order chi connectivity index (χ0) is 13.1. The zero-order valence-corrected chi connectivity index (χ0v) is 11.4. The summed E-state index contributed by atoms with van der Waals surface area (Å²) in [6.45, 7) is 11.7. The number of ether oxygens (including phenoxy) is 1. The van der Waals surface area contributed by atoms with E-state index in [9.17, 15) is 5.11 Å². The van der Waals surface area contributed by atoms with Crippen LogP contribution in [0.25, 0.3) is 0 Å². The molecule has 0 aromatic carbocycles. The van der Waals surface area contributed by atoms with Crippen molar-refractivity contribution in [3.63, 3.8) is 0 Å². The van der Waals surface area contributed by atoms with Crippen LogP contribution in [0, 0.1) is 0 Å². The summed E-state index contributed by atoms with van der Waals surface area (Å²) in [6, 6.07) is 0. The largest absolute Gasteiger partial charge is 0.386 e. The Bertz CT molecular complexity index is 333. The van der Waals surface area contributed by atoms with Crippen LogP contribution in [-0.4, -0.2) is 22.9 Å². The van der Waals surface area contributed by atoms with Gasteiger partial charge in [0.25, 0.3) is 0 Å². The normalized spacial score (nSPS) is 27.2. The lowest BCUT2D eigenvalue weighted by atomic mass is 9.98. The van der Waals surface area contributed by atoms with E-state index in [4.69, 9.17) is 4.74 Å². The summed E-state index contributed by atoms with van der Waals surface area (Å²) in [5.41, 5.74) is 1.71. The highest BCUT2D eigenvalue weighted by Crippen LogP contribution is 2.28. The molecule has 0 fully saturated rings. The van der Waals surface area contributed by atoms with E-state index in [1.54, 1.807) is 13.0 Å². The molecule has 0 radical (unpaired) electrons. The molecule has 0 saturated carbocycles. The Hall–Kier alpha value is -0.860. The van der Waals surface area contributed by atoms with Gasteiger partial charge >= 0.3 is 0 Å². The predicted octanol–water partition coefficient (Wildman–Crippen LogP) is 3.38. The molecule has 0 saturated heterocycles. The summed E-state index contributed by atoms with van der Waals surface area (Å²) in [5.74, 6) is 0. The fourth-order valence-corrected chi connectivity index (χ4v) is 1.94. The number of aliphatic hydroxyl groups is 1. The Morgan fingerprint density at radius 3 is 2.76 bits per heavy atom. The minimum atomic E-state index is -0.854. The molecule has 3 atom stereocenters. The van der Waals surface area contributed by atoms with Gasteiger partial charge in [0.1, 0.15) is 0 Å². The fourth-order valence-electron chi connectivity index (χ4n) is 1.94. The summed E-state index contributed by atoms with van der Waals surface area (Å²) in [6.07, 6.45) is 7.52. The van der Waals surface area contributed by atoms with Crippen molar-refractivity contribution in [2.45, 2.75) is 58.3 Å². The molecule has 1 aliphatic rings. The first-order valence-corrected chi connectivity index (χ1v) is 6.17. The molecule has 0 amide bonds. The Balaban J connectivity index is 2.55. The summed E-state index contributed by atoms with van der Waals surface area (Å²) in [5, 5.41) is 9.94. The number of rotatable bonds is 5. The maximum absolute atomic E-state index is 9.94. The van der Waals surface area contributed by atoms with Crippen LogP contribution in [0.3, 0.4) is 0 Å². The van der Waals surface area contributed by atoms with Crippen LogP contribution in [-0.2, 0) is 4.74 Å². The first kappa shape index (κ1) is 14.2. The van der Waals surface area contributed by atoms with E-state index in [-0.39, 0.29) is 12.2 Å². The van der Waals surface area contributed by atoms with Crippen molar-refractivity contribution in [3.8, 4) is 0 Å². The van der Waals surface area contributed by atoms with E-state index < -0.39 is 5.60 Å². The highest BCUT2D eigenvalue weighted by Gasteiger charge is 2.28. The second-order valence-corrected chi connectivity index (χ2v) is 5.36. The molecule has 0 bridgehead atoms. The van der Waals surface area contributed by atoms with Crippen LogP contribution in [0.5, 0.6) is 0 Å². The summed E-state index contributed by atoms with van der Waals surface area (Å²) >= 11 is 0.